The smallest absolute Gasteiger partial charge is 0.179 e. The van der Waals surface area contributed by atoms with Gasteiger partial charge < -0.3 is 15.5 Å². The number of benzene rings is 1. The van der Waals surface area contributed by atoms with Crippen LogP contribution in [0, 0.1) is 0 Å². The van der Waals surface area contributed by atoms with Gasteiger partial charge in [-0.15, -0.1) is 0 Å². The lowest BCUT2D eigenvalue weighted by Gasteiger charge is -2.19. The van der Waals surface area contributed by atoms with Crippen molar-refractivity contribution in [2.24, 2.45) is 0 Å². The van der Waals surface area contributed by atoms with Crippen LogP contribution in [0.15, 0.2) is 29.2 Å². The second kappa shape index (κ2) is 6.89. The zero-order chi connectivity index (χ0) is 17.3. The molecule has 0 aromatic heterocycles. The molecule has 0 bridgehead atoms. The Balaban J connectivity index is 1.92. The topological polar surface area (TPSA) is 86.6 Å². The van der Waals surface area contributed by atoms with E-state index in [1.54, 1.807) is 12.1 Å². The van der Waals surface area contributed by atoms with E-state index >= 15 is 0 Å². The first-order valence-electron chi connectivity index (χ1n) is 8.02. The molecule has 0 heterocycles. The van der Waals surface area contributed by atoms with Gasteiger partial charge in [-0.05, 0) is 36.0 Å². The highest BCUT2D eigenvalue weighted by molar-refractivity contribution is 7.91. The van der Waals surface area contributed by atoms with Crippen molar-refractivity contribution in [3.63, 3.8) is 0 Å². The van der Waals surface area contributed by atoms with Gasteiger partial charge in [0.25, 0.3) is 0 Å². The number of rotatable bonds is 5. The molecule has 6 heteroatoms. The Labute approximate surface area is 138 Å². The zero-order valence-corrected chi connectivity index (χ0v) is 14.8. The van der Waals surface area contributed by atoms with Crippen LogP contribution >= 0.6 is 0 Å². The highest BCUT2D eigenvalue weighted by atomic mass is 32.2. The number of hydrogen-bond acceptors (Lipinski definition) is 5. The summed E-state index contributed by atoms with van der Waals surface area (Å²) in [5.41, 5.74) is 1.09. The fraction of sp³-hybridized carbons (Fsp3) is 0.647. The van der Waals surface area contributed by atoms with Crippen LogP contribution in [0.5, 0.6) is 0 Å². The first kappa shape index (κ1) is 18.4. The van der Waals surface area contributed by atoms with Crippen molar-refractivity contribution in [1.82, 2.24) is 5.32 Å². The van der Waals surface area contributed by atoms with E-state index in [4.69, 9.17) is 0 Å². The van der Waals surface area contributed by atoms with Crippen LogP contribution in [0.1, 0.15) is 39.2 Å². The van der Waals surface area contributed by atoms with Gasteiger partial charge in [-0.1, -0.05) is 32.9 Å². The Morgan fingerprint density at radius 2 is 1.61 bits per heavy atom. The summed E-state index contributed by atoms with van der Waals surface area (Å²) in [4.78, 5) is 0.332. The van der Waals surface area contributed by atoms with Crippen molar-refractivity contribution in [1.29, 1.82) is 0 Å². The summed E-state index contributed by atoms with van der Waals surface area (Å²) >= 11 is 0. The van der Waals surface area contributed by atoms with Gasteiger partial charge in [0.2, 0.25) is 0 Å². The van der Waals surface area contributed by atoms with Gasteiger partial charge in [-0.25, -0.2) is 8.42 Å². The lowest BCUT2D eigenvalue weighted by molar-refractivity contribution is 0.0438. The summed E-state index contributed by atoms with van der Waals surface area (Å²) < 4.78 is 24.7. The van der Waals surface area contributed by atoms with Crippen LogP contribution in [-0.4, -0.2) is 49.2 Å². The molecule has 2 rings (SSSR count). The Hall–Kier alpha value is -0.950. The number of aliphatic hydroxyl groups excluding tert-OH is 2. The highest BCUT2D eigenvalue weighted by Gasteiger charge is 2.31. The predicted octanol–water partition coefficient (Wildman–Crippen LogP) is 1.23. The number of nitrogens with one attached hydrogen (secondary N) is 1. The minimum absolute atomic E-state index is 0.00452. The Morgan fingerprint density at radius 1 is 1.09 bits per heavy atom. The average Bonchev–Trinajstić information content (AvgIpc) is 2.76. The van der Waals surface area contributed by atoms with E-state index in [0.29, 0.717) is 24.3 Å². The van der Waals surface area contributed by atoms with Gasteiger partial charge in [0.05, 0.1) is 22.9 Å². The molecule has 3 N–H and O–H groups in total. The Morgan fingerprint density at radius 3 is 2.09 bits per heavy atom. The van der Waals surface area contributed by atoms with E-state index in [1.807, 2.05) is 12.1 Å². The maximum absolute atomic E-state index is 12.4. The highest BCUT2D eigenvalue weighted by Crippen LogP contribution is 2.24. The van der Waals surface area contributed by atoms with E-state index in [2.05, 4.69) is 26.1 Å². The largest absolute Gasteiger partial charge is 0.390 e. The maximum Gasteiger partial charge on any atom is 0.179 e. The molecule has 1 fully saturated rings. The molecule has 0 aliphatic heterocycles. The van der Waals surface area contributed by atoms with Crippen molar-refractivity contribution >= 4 is 9.84 Å². The quantitative estimate of drug-likeness (QED) is 0.750. The molecule has 1 aliphatic carbocycles. The first-order chi connectivity index (χ1) is 10.6. The monoisotopic (exact) mass is 341 g/mol. The standard InChI is InChI=1S/C17H27NO4S/c1-17(2,3)12-4-6-14(7-5-12)23(21,22)9-8-18-13-10-15(19)16(20)11-13/h4-7,13,15-16,18-20H,8-11H2,1-3H3/t13?,15-,16+. The zero-order valence-electron chi connectivity index (χ0n) is 14.0. The molecule has 130 valence electrons. The third-order valence-electron chi connectivity index (χ3n) is 4.38. The Kier molecular flexibility index (Phi) is 5.51. The van der Waals surface area contributed by atoms with Crippen LogP contribution in [0.25, 0.3) is 0 Å². The van der Waals surface area contributed by atoms with Crippen molar-refractivity contribution in [2.75, 3.05) is 12.3 Å². The van der Waals surface area contributed by atoms with Gasteiger partial charge in [0, 0.05) is 12.6 Å². The number of aliphatic hydroxyl groups is 2. The third-order valence-corrected chi connectivity index (χ3v) is 6.11. The van der Waals surface area contributed by atoms with Crippen molar-refractivity contribution in [3.05, 3.63) is 29.8 Å². The van der Waals surface area contributed by atoms with E-state index in [0.717, 1.165) is 5.56 Å². The second-order valence-electron chi connectivity index (χ2n) is 7.35. The number of sulfone groups is 1. The summed E-state index contributed by atoms with van der Waals surface area (Å²) in [7, 11) is -3.33. The molecule has 0 radical (unpaired) electrons. The third kappa shape index (κ3) is 4.76. The first-order valence-corrected chi connectivity index (χ1v) is 9.67. The predicted molar refractivity (Wildman–Crippen MR) is 90.2 cm³/mol. The summed E-state index contributed by atoms with van der Waals surface area (Å²) in [6, 6.07) is 7.03. The lowest BCUT2D eigenvalue weighted by atomic mass is 9.87. The fourth-order valence-corrected chi connectivity index (χ4v) is 4.01. The number of hydrogen-bond donors (Lipinski definition) is 3. The van der Waals surface area contributed by atoms with Gasteiger partial charge in [0.1, 0.15) is 0 Å². The molecule has 23 heavy (non-hydrogen) atoms. The average molecular weight is 341 g/mol. The molecule has 1 aromatic rings. The van der Waals surface area contributed by atoms with Crippen molar-refractivity contribution < 1.29 is 18.6 Å². The molecule has 0 saturated heterocycles. The molecule has 0 spiro atoms. The molecule has 1 aliphatic rings. The molecule has 1 unspecified atom stereocenters. The van der Waals surface area contributed by atoms with E-state index < -0.39 is 22.0 Å². The summed E-state index contributed by atoms with van der Waals surface area (Å²) in [6.45, 7) is 6.58. The summed E-state index contributed by atoms with van der Waals surface area (Å²) in [5.74, 6) is 0.00452. The normalized spacial score (nSPS) is 25.7. The van der Waals surface area contributed by atoms with E-state index in [9.17, 15) is 18.6 Å². The summed E-state index contributed by atoms with van der Waals surface area (Å²) in [5, 5.41) is 22.1. The van der Waals surface area contributed by atoms with Gasteiger partial charge in [-0.3, -0.25) is 0 Å². The van der Waals surface area contributed by atoms with E-state index in [1.165, 1.54) is 0 Å². The van der Waals surface area contributed by atoms with Crippen LogP contribution in [0.4, 0.5) is 0 Å². The summed E-state index contributed by atoms with van der Waals surface area (Å²) in [6.07, 6.45) is -0.508. The van der Waals surface area contributed by atoms with Crippen LogP contribution in [-0.2, 0) is 15.3 Å². The van der Waals surface area contributed by atoms with Crippen molar-refractivity contribution in [3.8, 4) is 0 Å². The molecular formula is C17H27NO4S. The van der Waals surface area contributed by atoms with Crippen molar-refractivity contribution in [2.45, 2.75) is 62.2 Å². The Bertz CT molecular complexity index is 609. The molecular weight excluding hydrogens is 314 g/mol. The van der Waals surface area contributed by atoms with Crippen LogP contribution in [0.3, 0.4) is 0 Å². The van der Waals surface area contributed by atoms with Gasteiger partial charge in [-0.2, -0.15) is 0 Å². The molecule has 1 aromatic carbocycles. The van der Waals surface area contributed by atoms with E-state index in [-0.39, 0.29) is 17.2 Å². The van der Waals surface area contributed by atoms with Gasteiger partial charge in [0.15, 0.2) is 9.84 Å². The minimum Gasteiger partial charge on any atom is -0.390 e. The molecule has 1 saturated carbocycles. The van der Waals surface area contributed by atoms with Crippen LogP contribution in [0.2, 0.25) is 0 Å². The molecule has 3 atom stereocenters. The SMILES string of the molecule is CC(C)(C)c1ccc(S(=O)(=O)CCNC2C[C@@H](O)[C@@H](O)C2)cc1. The lowest BCUT2D eigenvalue weighted by Crippen LogP contribution is -2.32. The fourth-order valence-electron chi connectivity index (χ4n) is 2.84. The minimum atomic E-state index is -3.33. The van der Waals surface area contributed by atoms with Gasteiger partial charge >= 0.3 is 0 Å². The van der Waals surface area contributed by atoms with Crippen LogP contribution < -0.4 is 5.32 Å². The molecule has 0 amide bonds. The molecule has 5 nitrogen and oxygen atoms in total. The maximum atomic E-state index is 12.4. The second-order valence-corrected chi connectivity index (χ2v) is 9.46.